The summed E-state index contributed by atoms with van der Waals surface area (Å²) in [6.07, 6.45) is 1.20. The van der Waals surface area contributed by atoms with E-state index >= 15 is 0 Å². The lowest BCUT2D eigenvalue weighted by Crippen LogP contribution is -2.22. The summed E-state index contributed by atoms with van der Waals surface area (Å²) >= 11 is 1.68. The van der Waals surface area contributed by atoms with E-state index in [4.69, 9.17) is 0 Å². The highest BCUT2D eigenvalue weighted by Gasteiger charge is 2.08. The first kappa shape index (κ1) is 13.4. The van der Waals surface area contributed by atoms with Crippen LogP contribution in [0.25, 0.3) is 0 Å². The molecule has 0 aromatic carbocycles. The molecule has 92 valence electrons. The fourth-order valence-electron chi connectivity index (χ4n) is 1.15. The largest absolute Gasteiger partial charge is 0.316 e. The first-order valence-corrected chi connectivity index (χ1v) is 6.53. The van der Waals surface area contributed by atoms with Gasteiger partial charge in [0.05, 0.1) is 0 Å². The Hall–Kier alpha value is -0.620. The minimum atomic E-state index is 0.410. The molecular weight excluding hydrogens is 222 g/mol. The van der Waals surface area contributed by atoms with E-state index < -0.39 is 0 Å². The third kappa shape index (κ3) is 5.46. The maximum atomic E-state index is 3.91. The molecule has 5 nitrogen and oxygen atoms in total. The zero-order valence-corrected chi connectivity index (χ0v) is 11.3. The van der Waals surface area contributed by atoms with E-state index in [9.17, 15) is 0 Å². The van der Waals surface area contributed by atoms with Crippen molar-refractivity contribution in [3.63, 3.8) is 0 Å². The van der Waals surface area contributed by atoms with Gasteiger partial charge in [-0.25, -0.2) is 4.68 Å². The van der Waals surface area contributed by atoms with Gasteiger partial charge in [0.15, 0.2) is 0 Å². The summed E-state index contributed by atoms with van der Waals surface area (Å²) in [6, 6.07) is 0. The van der Waals surface area contributed by atoms with Crippen LogP contribution in [-0.4, -0.2) is 39.0 Å². The molecule has 1 aromatic heterocycles. The second-order valence-electron chi connectivity index (χ2n) is 4.99. The number of tetrazole rings is 1. The summed E-state index contributed by atoms with van der Waals surface area (Å²) in [7, 11) is 1.86. The van der Waals surface area contributed by atoms with Gasteiger partial charge in [-0.15, -0.1) is 5.10 Å². The quantitative estimate of drug-likeness (QED) is 0.603. The van der Waals surface area contributed by atoms with E-state index in [1.54, 1.807) is 16.4 Å². The molecule has 0 aliphatic rings. The average molecular weight is 243 g/mol. The molecule has 1 heterocycles. The van der Waals surface area contributed by atoms with Gasteiger partial charge < -0.3 is 5.32 Å². The summed E-state index contributed by atoms with van der Waals surface area (Å²) in [4.78, 5) is 0. The molecule has 1 aromatic rings. The molecule has 0 bridgehead atoms. The van der Waals surface area contributed by atoms with Crippen LogP contribution in [0.4, 0.5) is 0 Å². The molecule has 6 heteroatoms. The number of nitrogens with zero attached hydrogens (tertiary/aromatic N) is 4. The zero-order valence-electron chi connectivity index (χ0n) is 10.5. The number of rotatable bonds is 6. The van der Waals surface area contributed by atoms with E-state index in [-0.39, 0.29) is 0 Å². The SMILES string of the molecule is Cn1nnnc1SCCNCCC(C)(C)C. The number of aryl methyl sites for hydroxylation is 1. The van der Waals surface area contributed by atoms with Crippen LogP contribution in [-0.2, 0) is 7.05 Å². The van der Waals surface area contributed by atoms with Crippen molar-refractivity contribution >= 4 is 11.8 Å². The van der Waals surface area contributed by atoms with Crippen LogP contribution in [0.5, 0.6) is 0 Å². The first-order valence-electron chi connectivity index (χ1n) is 5.55. The second kappa shape index (κ2) is 6.20. The van der Waals surface area contributed by atoms with Crippen LogP contribution < -0.4 is 5.32 Å². The molecule has 0 saturated heterocycles. The number of hydrogen-bond donors (Lipinski definition) is 1. The molecule has 0 spiro atoms. The molecular formula is C10H21N5S. The molecule has 1 N–H and O–H groups in total. The van der Waals surface area contributed by atoms with Crippen molar-refractivity contribution in [2.45, 2.75) is 32.3 Å². The Labute approximate surface area is 101 Å². The van der Waals surface area contributed by atoms with Gasteiger partial charge in [0, 0.05) is 19.3 Å². The third-order valence-corrected chi connectivity index (χ3v) is 3.16. The molecule has 0 aliphatic heterocycles. The zero-order chi connectivity index (χ0) is 12.0. The van der Waals surface area contributed by atoms with Gasteiger partial charge in [0.25, 0.3) is 0 Å². The monoisotopic (exact) mass is 243 g/mol. The Morgan fingerprint density at radius 1 is 1.31 bits per heavy atom. The lowest BCUT2D eigenvalue weighted by atomic mass is 9.92. The number of aromatic nitrogens is 4. The summed E-state index contributed by atoms with van der Waals surface area (Å²) < 4.78 is 1.69. The highest BCUT2D eigenvalue weighted by atomic mass is 32.2. The molecule has 0 atom stereocenters. The van der Waals surface area contributed by atoms with Crippen LogP contribution in [0.1, 0.15) is 27.2 Å². The predicted octanol–water partition coefficient (Wildman–Crippen LogP) is 1.33. The molecule has 1 rings (SSSR count). The Kier molecular flexibility index (Phi) is 5.21. The summed E-state index contributed by atoms with van der Waals surface area (Å²) in [5, 5.41) is 15.6. The van der Waals surface area contributed by atoms with Gasteiger partial charge in [-0.3, -0.25) is 0 Å². The van der Waals surface area contributed by atoms with Crippen molar-refractivity contribution in [3.05, 3.63) is 0 Å². The Morgan fingerprint density at radius 3 is 2.62 bits per heavy atom. The second-order valence-corrected chi connectivity index (χ2v) is 6.06. The molecule has 0 aliphatic carbocycles. The van der Waals surface area contributed by atoms with E-state index in [1.807, 2.05) is 7.05 Å². The molecule has 16 heavy (non-hydrogen) atoms. The number of nitrogens with one attached hydrogen (secondary N) is 1. The molecule has 0 fully saturated rings. The lowest BCUT2D eigenvalue weighted by molar-refractivity contribution is 0.369. The van der Waals surface area contributed by atoms with Crippen molar-refractivity contribution in [1.82, 2.24) is 25.5 Å². The maximum Gasteiger partial charge on any atom is 0.209 e. The Morgan fingerprint density at radius 2 is 2.06 bits per heavy atom. The lowest BCUT2D eigenvalue weighted by Gasteiger charge is -2.17. The van der Waals surface area contributed by atoms with Crippen molar-refractivity contribution in [2.75, 3.05) is 18.8 Å². The first-order chi connectivity index (χ1) is 7.49. The van der Waals surface area contributed by atoms with Crippen LogP contribution >= 0.6 is 11.8 Å². The van der Waals surface area contributed by atoms with Crippen LogP contribution in [0.3, 0.4) is 0 Å². The molecule has 0 amide bonds. The smallest absolute Gasteiger partial charge is 0.209 e. The van der Waals surface area contributed by atoms with Gasteiger partial charge in [-0.2, -0.15) is 0 Å². The van der Waals surface area contributed by atoms with Crippen LogP contribution in [0, 0.1) is 5.41 Å². The van der Waals surface area contributed by atoms with Gasteiger partial charge in [0.2, 0.25) is 5.16 Å². The van der Waals surface area contributed by atoms with E-state index in [0.29, 0.717) is 5.41 Å². The number of hydrogen-bond acceptors (Lipinski definition) is 5. The summed E-state index contributed by atoms with van der Waals surface area (Å²) in [6.45, 7) is 8.84. The summed E-state index contributed by atoms with van der Waals surface area (Å²) in [5.41, 5.74) is 0.410. The molecule has 0 unspecified atom stereocenters. The summed E-state index contributed by atoms with van der Waals surface area (Å²) in [5.74, 6) is 0.998. The highest BCUT2D eigenvalue weighted by molar-refractivity contribution is 7.99. The molecule has 0 saturated carbocycles. The fraction of sp³-hybridized carbons (Fsp3) is 0.900. The predicted molar refractivity (Wildman–Crippen MR) is 66.5 cm³/mol. The van der Waals surface area contributed by atoms with Gasteiger partial charge in [0.1, 0.15) is 0 Å². The average Bonchev–Trinajstić information content (AvgIpc) is 2.56. The minimum absolute atomic E-state index is 0.410. The van der Waals surface area contributed by atoms with Crippen molar-refractivity contribution in [1.29, 1.82) is 0 Å². The van der Waals surface area contributed by atoms with Gasteiger partial charge in [-0.1, -0.05) is 32.5 Å². The van der Waals surface area contributed by atoms with E-state index in [1.165, 1.54) is 6.42 Å². The van der Waals surface area contributed by atoms with Gasteiger partial charge in [-0.05, 0) is 28.8 Å². The standard InChI is InChI=1S/C10H21N5S/c1-10(2,3)5-6-11-7-8-16-9-12-13-14-15(9)4/h11H,5-8H2,1-4H3. The van der Waals surface area contributed by atoms with Crippen LogP contribution in [0.2, 0.25) is 0 Å². The van der Waals surface area contributed by atoms with Gasteiger partial charge >= 0.3 is 0 Å². The Balaban J connectivity index is 2.03. The highest BCUT2D eigenvalue weighted by Crippen LogP contribution is 2.17. The topological polar surface area (TPSA) is 55.6 Å². The van der Waals surface area contributed by atoms with Crippen molar-refractivity contribution in [3.8, 4) is 0 Å². The van der Waals surface area contributed by atoms with Crippen molar-refractivity contribution in [2.24, 2.45) is 12.5 Å². The van der Waals surface area contributed by atoms with E-state index in [2.05, 4.69) is 41.6 Å². The third-order valence-electron chi connectivity index (χ3n) is 2.14. The maximum absolute atomic E-state index is 3.91. The van der Waals surface area contributed by atoms with Crippen molar-refractivity contribution < 1.29 is 0 Å². The van der Waals surface area contributed by atoms with E-state index in [0.717, 1.165) is 24.0 Å². The number of thioether (sulfide) groups is 1. The normalized spacial score (nSPS) is 12.0. The fourth-order valence-corrected chi connectivity index (χ4v) is 1.89. The Bertz CT molecular complexity index is 304. The minimum Gasteiger partial charge on any atom is -0.316 e. The van der Waals surface area contributed by atoms with Crippen LogP contribution in [0.15, 0.2) is 5.16 Å². The molecule has 0 radical (unpaired) electrons.